The number of sulfone groups is 1. The molecule has 1 fully saturated rings. The van der Waals surface area contributed by atoms with Gasteiger partial charge in [0.2, 0.25) is 0 Å². The summed E-state index contributed by atoms with van der Waals surface area (Å²) in [7, 11) is -2.90. The molecule has 0 saturated carbocycles. The number of piperidine rings is 1. The third-order valence-electron chi connectivity index (χ3n) is 3.06. The summed E-state index contributed by atoms with van der Waals surface area (Å²) in [6.07, 6.45) is 4.14. The zero-order valence-electron chi connectivity index (χ0n) is 8.78. The van der Waals surface area contributed by atoms with Crippen LogP contribution in [0.5, 0.6) is 0 Å². The number of rotatable bonds is 3. The zero-order valence-corrected chi connectivity index (χ0v) is 9.59. The van der Waals surface area contributed by atoms with Crippen LogP contribution in [0.4, 0.5) is 0 Å². The average Bonchev–Trinajstić information content (AvgIpc) is 2.57. The maximum atomic E-state index is 11.2. The molecule has 2 aliphatic heterocycles. The highest BCUT2D eigenvalue weighted by Gasteiger charge is 2.22. The Kier molecular flexibility index (Phi) is 3.43. The van der Waals surface area contributed by atoms with Crippen LogP contribution < -0.4 is 10.6 Å². The third-order valence-corrected chi connectivity index (χ3v) is 4.45. The molecule has 2 heterocycles. The lowest BCUT2D eigenvalue weighted by molar-refractivity contribution is 0.352. The van der Waals surface area contributed by atoms with Crippen molar-refractivity contribution in [2.75, 3.05) is 25.4 Å². The molecule has 0 aliphatic carbocycles. The summed E-state index contributed by atoms with van der Waals surface area (Å²) in [4.78, 5) is 0. The zero-order chi connectivity index (χ0) is 10.7. The molecule has 2 rings (SSSR count). The highest BCUT2D eigenvalue weighted by Crippen LogP contribution is 2.12. The summed E-state index contributed by atoms with van der Waals surface area (Å²) in [5.41, 5.74) is 0. The van der Waals surface area contributed by atoms with E-state index >= 15 is 0 Å². The Labute approximate surface area is 91.0 Å². The Bertz CT molecular complexity index is 331. The maximum Gasteiger partial charge on any atom is 0.173 e. The van der Waals surface area contributed by atoms with E-state index in [1.165, 1.54) is 18.2 Å². The first-order valence-corrected chi connectivity index (χ1v) is 7.22. The van der Waals surface area contributed by atoms with Crippen LogP contribution in [0.1, 0.15) is 12.8 Å². The monoisotopic (exact) mass is 230 g/mol. The Morgan fingerprint density at radius 1 is 1.33 bits per heavy atom. The third kappa shape index (κ3) is 3.29. The minimum Gasteiger partial charge on any atom is -0.317 e. The van der Waals surface area contributed by atoms with Gasteiger partial charge in [-0.25, -0.2) is 8.42 Å². The minimum absolute atomic E-state index is 0.0323. The van der Waals surface area contributed by atoms with Crippen molar-refractivity contribution in [1.29, 1.82) is 0 Å². The van der Waals surface area contributed by atoms with E-state index in [-0.39, 0.29) is 11.8 Å². The van der Waals surface area contributed by atoms with Gasteiger partial charge in [0, 0.05) is 11.4 Å². The van der Waals surface area contributed by atoms with Crippen LogP contribution in [-0.2, 0) is 9.84 Å². The molecule has 1 unspecified atom stereocenters. The lowest BCUT2D eigenvalue weighted by atomic mass is 9.98. The highest BCUT2D eigenvalue weighted by atomic mass is 32.2. The fraction of sp³-hybridized carbons (Fsp3) is 0.800. The summed E-state index contributed by atoms with van der Waals surface area (Å²) >= 11 is 0. The smallest absolute Gasteiger partial charge is 0.173 e. The SMILES string of the molecule is O=S1(=O)C=CC(NCC2CCNCC2)C1. The molecule has 0 spiro atoms. The van der Waals surface area contributed by atoms with Crippen molar-refractivity contribution in [3.8, 4) is 0 Å². The van der Waals surface area contributed by atoms with Gasteiger partial charge in [0.05, 0.1) is 5.75 Å². The van der Waals surface area contributed by atoms with E-state index in [1.54, 1.807) is 6.08 Å². The van der Waals surface area contributed by atoms with Crippen LogP contribution in [-0.4, -0.2) is 39.8 Å². The highest BCUT2D eigenvalue weighted by molar-refractivity contribution is 7.94. The second-order valence-electron chi connectivity index (χ2n) is 4.37. The predicted molar refractivity (Wildman–Crippen MR) is 60.3 cm³/mol. The van der Waals surface area contributed by atoms with Gasteiger partial charge in [-0.05, 0) is 38.4 Å². The van der Waals surface area contributed by atoms with Gasteiger partial charge in [0.15, 0.2) is 9.84 Å². The molecule has 2 N–H and O–H groups in total. The normalized spacial score (nSPS) is 30.8. The van der Waals surface area contributed by atoms with E-state index in [0.717, 1.165) is 19.6 Å². The molecule has 0 aromatic carbocycles. The van der Waals surface area contributed by atoms with Crippen molar-refractivity contribution in [3.63, 3.8) is 0 Å². The van der Waals surface area contributed by atoms with E-state index in [9.17, 15) is 8.42 Å². The summed E-state index contributed by atoms with van der Waals surface area (Å²) in [5.74, 6) is 0.931. The molecule has 0 aromatic heterocycles. The lowest BCUT2D eigenvalue weighted by Gasteiger charge is -2.24. The summed E-state index contributed by atoms with van der Waals surface area (Å²) < 4.78 is 22.3. The van der Waals surface area contributed by atoms with Gasteiger partial charge in [-0.1, -0.05) is 6.08 Å². The van der Waals surface area contributed by atoms with E-state index < -0.39 is 9.84 Å². The van der Waals surface area contributed by atoms with E-state index in [4.69, 9.17) is 0 Å². The molecule has 15 heavy (non-hydrogen) atoms. The van der Waals surface area contributed by atoms with Crippen molar-refractivity contribution in [3.05, 3.63) is 11.5 Å². The van der Waals surface area contributed by atoms with Crippen LogP contribution in [0.2, 0.25) is 0 Å². The number of hydrogen-bond acceptors (Lipinski definition) is 4. The van der Waals surface area contributed by atoms with Crippen molar-refractivity contribution < 1.29 is 8.42 Å². The molecular formula is C10H18N2O2S. The molecular weight excluding hydrogens is 212 g/mol. The van der Waals surface area contributed by atoms with Crippen molar-refractivity contribution in [2.45, 2.75) is 18.9 Å². The Balaban J connectivity index is 1.72. The van der Waals surface area contributed by atoms with Gasteiger partial charge >= 0.3 is 0 Å². The van der Waals surface area contributed by atoms with Gasteiger partial charge < -0.3 is 10.6 Å². The summed E-state index contributed by atoms with van der Waals surface area (Å²) in [5, 5.41) is 7.96. The first-order valence-electron chi connectivity index (χ1n) is 5.51. The van der Waals surface area contributed by atoms with Gasteiger partial charge in [0.1, 0.15) is 0 Å². The summed E-state index contributed by atoms with van der Waals surface area (Å²) in [6.45, 7) is 3.11. The quantitative estimate of drug-likeness (QED) is 0.710. The topological polar surface area (TPSA) is 58.2 Å². The molecule has 0 bridgehead atoms. The molecule has 2 aliphatic rings. The molecule has 5 heteroatoms. The molecule has 0 radical (unpaired) electrons. The van der Waals surface area contributed by atoms with Crippen molar-refractivity contribution >= 4 is 9.84 Å². The first kappa shape index (κ1) is 11.1. The summed E-state index contributed by atoms with van der Waals surface area (Å²) in [6, 6.07) is 0.0323. The van der Waals surface area contributed by atoms with E-state index in [1.807, 2.05) is 0 Å². The largest absolute Gasteiger partial charge is 0.317 e. The van der Waals surface area contributed by atoms with Crippen LogP contribution in [0.25, 0.3) is 0 Å². The second-order valence-corrected chi connectivity index (χ2v) is 6.30. The van der Waals surface area contributed by atoms with Crippen molar-refractivity contribution in [2.24, 2.45) is 5.92 Å². The van der Waals surface area contributed by atoms with Gasteiger partial charge in [-0.3, -0.25) is 0 Å². The average molecular weight is 230 g/mol. The lowest BCUT2D eigenvalue weighted by Crippen LogP contribution is -2.38. The Morgan fingerprint density at radius 3 is 2.67 bits per heavy atom. The number of hydrogen-bond donors (Lipinski definition) is 2. The van der Waals surface area contributed by atoms with Gasteiger partial charge in [-0.2, -0.15) is 0 Å². The first-order chi connectivity index (χ1) is 7.16. The van der Waals surface area contributed by atoms with Crippen LogP contribution in [0.15, 0.2) is 11.5 Å². The standard InChI is InChI=1S/C10H18N2O2S/c13-15(14)6-3-10(8-15)12-7-9-1-4-11-5-2-9/h3,6,9-12H,1-2,4-5,7-8H2. The predicted octanol–water partition coefficient (Wildman–Crippen LogP) is -0.114. The Morgan fingerprint density at radius 2 is 2.07 bits per heavy atom. The van der Waals surface area contributed by atoms with Gasteiger partial charge in [-0.15, -0.1) is 0 Å². The Hall–Kier alpha value is -0.390. The van der Waals surface area contributed by atoms with E-state index in [2.05, 4.69) is 10.6 Å². The van der Waals surface area contributed by atoms with Crippen LogP contribution in [0.3, 0.4) is 0 Å². The maximum absolute atomic E-state index is 11.2. The fourth-order valence-corrected chi connectivity index (χ4v) is 3.38. The molecule has 1 atom stereocenters. The number of nitrogens with one attached hydrogen (secondary N) is 2. The van der Waals surface area contributed by atoms with E-state index in [0.29, 0.717) is 5.92 Å². The molecule has 0 aromatic rings. The molecule has 86 valence electrons. The minimum atomic E-state index is -2.90. The second kappa shape index (κ2) is 4.63. The van der Waals surface area contributed by atoms with Gasteiger partial charge in [0.25, 0.3) is 0 Å². The van der Waals surface area contributed by atoms with Crippen LogP contribution >= 0.6 is 0 Å². The fourth-order valence-electron chi connectivity index (χ4n) is 2.11. The molecule has 1 saturated heterocycles. The van der Waals surface area contributed by atoms with Crippen molar-refractivity contribution in [1.82, 2.24) is 10.6 Å². The van der Waals surface area contributed by atoms with Crippen LogP contribution in [0, 0.1) is 5.92 Å². The molecule has 4 nitrogen and oxygen atoms in total. The molecule has 0 amide bonds.